The van der Waals surface area contributed by atoms with Crippen LogP contribution in [0.2, 0.25) is 0 Å². The number of nitrogens with one attached hydrogen (secondary N) is 2. The maximum absolute atomic E-state index is 13.3. The summed E-state index contributed by atoms with van der Waals surface area (Å²) in [5.74, 6) is 0.561. The third-order valence-corrected chi connectivity index (χ3v) is 11.2. The molecule has 0 fully saturated rings. The van der Waals surface area contributed by atoms with Crippen LogP contribution < -0.4 is 14.9 Å². The number of hydrogen-bond acceptors (Lipinski definition) is 8. The highest BCUT2D eigenvalue weighted by atomic mass is 32.2. The fraction of sp³-hybridized carbons (Fsp3) is 0.370. The summed E-state index contributed by atoms with van der Waals surface area (Å²) in [7, 11) is 1.02. The Morgan fingerprint density at radius 3 is 2.55 bits per heavy atom. The molecule has 2 atom stereocenters. The average Bonchev–Trinajstić information content (AvgIpc) is 3.62. The van der Waals surface area contributed by atoms with Gasteiger partial charge in [-0.05, 0) is 35.6 Å². The largest absolute Gasteiger partial charge is 0.371 e. The summed E-state index contributed by atoms with van der Waals surface area (Å²) in [4.78, 5) is 13.3. The number of carbonyl (C=O) groups excluding carboxylic acids is 1. The van der Waals surface area contributed by atoms with E-state index in [2.05, 4.69) is 22.8 Å². The van der Waals surface area contributed by atoms with Crippen molar-refractivity contribution in [3.63, 3.8) is 0 Å². The van der Waals surface area contributed by atoms with Gasteiger partial charge in [-0.25, -0.2) is 8.42 Å². The zero-order valence-corrected chi connectivity index (χ0v) is 24.3. The maximum atomic E-state index is 13.3. The number of thiophene rings is 1. The number of carbonyl (C=O) groups is 1. The first-order chi connectivity index (χ1) is 18.2. The van der Waals surface area contributed by atoms with Crippen molar-refractivity contribution in [2.24, 2.45) is 0 Å². The van der Waals surface area contributed by atoms with E-state index in [-0.39, 0.29) is 10.1 Å². The van der Waals surface area contributed by atoms with Crippen LogP contribution >= 0.6 is 23.1 Å². The molecule has 0 saturated heterocycles. The van der Waals surface area contributed by atoms with Crippen molar-refractivity contribution in [2.45, 2.75) is 40.4 Å². The molecular formula is C27H33N3O5S3. The number of amides is 1. The molecule has 204 valence electrons. The lowest BCUT2D eigenvalue weighted by molar-refractivity contribution is -0.128. The zero-order valence-electron chi connectivity index (χ0n) is 21.8. The molecular weight excluding hydrogens is 543 g/mol. The fourth-order valence-corrected chi connectivity index (χ4v) is 8.03. The van der Waals surface area contributed by atoms with Gasteiger partial charge in [0.1, 0.15) is 10.3 Å². The molecule has 2 aromatic carbocycles. The molecule has 38 heavy (non-hydrogen) atoms. The highest BCUT2D eigenvalue weighted by molar-refractivity contribution is 8.00. The number of para-hydroxylation sites is 1. The first-order valence-corrected chi connectivity index (χ1v) is 15.4. The monoisotopic (exact) mass is 575 g/mol. The van der Waals surface area contributed by atoms with Crippen LogP contribution in [0.4, 0.5) is 11.4 Å². The summed E-state index contributed by atoms with van der Waals surface area (Å²) >= 11 is 2.83. The predicted octanol–water partition coefficient (Wildman–Crippen LogP) is 4.34. The number of fused-ring (bicyclic) bond motifs is 1. The molecule has 4 rings (SSSR count). The van der Waals surface area contributed by atoms with Crippen molar-refractivity contribution >= 4 is 50.4 Å². The van der Waals surface area contributed by atoms with Crippen molar-refractivity contribution in [1.82, 2.24) is 5.32 Å². The summed E-state index contributed by atoms with van der Waals surface area (Å²) in [6.45, 7) is 2.33. The van der Waals surface area contributed by atoms with Gasteiger partial charge in [0.25, 0.3) is 10.0 Å². The number of anilines is 2. The number of rotatable bonds is 12. The van der Waals surface area contributed by atoms with Crippen LogP contribution in [0.5, 0.6) is 0 Å². The molecule has 11 heteroatoms. The minimum atomic E-state index is -3.70. The van der Waals surface area contributed by atoms with Crippen molar-refractivity contribution in [3.05, 3.63) is 77.2 Å². The minimum Gasteiger partial charge on any atom is -0.371 e. The maximum Gasteiger partial charge on any atom is 0.273 e. The molecule has 2 heterocycles. The molecule has 0 bridgehead atoms. The average molecular weight is 576 g/mol. The molecule has 0 radical (unpaired) electrons. The lowest BCUT2D eigenvalue weighted by Crippen LogP contribution is -2.51. The van der Waals surface area contributed by atoms with E-state index in [0.717, 1.165) is 11.3 Å². The summed E-state index contributed by atoms with van der Waals surface area (Å²) in [6, 6.07) is 18.3. The van der Waals surface area contributed by atoms with E-state index in [0.29, 0.717) is 24.3 Å². The number of ether oxygens (including phenoxy) is 2. The molecule has 2 N–H and O–H groups in total. The van der Waals surface area contributed by atoms with E-state index >= 15 is 0 Å². The second kappa shape index (κ2) is 12.1. The van der Waals surface area contributed by atoms with Crippen molar-refractivity contribution in [3.8, 4) is 0 Å². The van der Waals surface area contributed by atoms with E-state index in [1.54, 1.807) is 49.6 Å². The van der Waals surface area contributed by atoms with Crippen molar-refractivity contribution in [2.75, 3.05) is 37.4 Å². The zero-order chi connectivity index (χ0) is 27.3. The first-order valence-electron chi connectivity index (χ1n) is 12.1. The topological polar surface area (TPSA) is 97.0 Å². The predicted molar refractivity (Wildman–Crippen MR) is 154 cm³/mol. The van der Waals surface area contributed by atoms with Gasteiger partial charge >= 0.3 is 0 Å². The number of thioether (sulfide) groups is 1. The van der Waals surface area contributed by atoms with Crippen LogP contribution in [0.15, 0.2) is 70.3 Å². The standard InChI is InChI=1S/C27H33N3O5S3/c1-27(26(34-3)35-4,37-17-19-10-6-5-7-11-19)18-28-25(31)21-16-20-12-8-13-22(24(20)29-21)30(2)38(32,33)23-14-9-15-36-23/h5-15,21,26,29H,16-18H2,1-4H3,(H,28,31). The van der Waals surface area contributed by atoms with Gasteiger partial charge in [-0.3, -0.25) is 9.10 Å². The second-order valence-corrected chi connectivity index (χ2v) is 13.9. The third kappa shape index (κ3) is 6.02. The molecule has 0 spiro atoms. The molecule has 0 aliphatic carbocycles. The van der Waals surface area contributed by atoms with Crippen molar-refractivity contribution in [1.29, 1.82) is 0 Å². The molecule has 1 aliphatic rings. The Morgan fingerprint density at radius 2 is 1.89 bits per heavy atom. The highest BCUT2D eigenvalue weighted by Crippen LogP contribution is 2.38. The van der Waals surface area contributed by atoms with Crippen LogP contribution in [0, 0.1) is 0 Å². The van der Waals surface area contributed by atoms with Gasteiger partial charge in [-0.1, -0.05) is 48.5 Å². The SMILES string of the molecule is COC(OC)C(C)(CNC(=O)C1Cc2cccc(N(C)S(=O)(=O)c3cccs3)c2N1)SCc1ccccc1. The smallest absolute Gasteiger partial charge is 0.273 e. The van der Waals surface area contributed by atoms with E-state index in [4.69, 9.17) is 9.47 Å². The van der Waals surface area contributed by atoms with Crippen LogP contribution in [0.1, 0.15) is 18.1 Å². The molecule has 3 aromatic rings. The van der Waals surface area contributed by atoms with Gasteiger partial charge in [0, 0.05) is 40.0 Å². The molecule has 1 aliphatic heterocycles. The Kier molecular flexibility index (Phi) is 9.04. The first kappa shape index (κ1) is 28.4. The lowest BCUT2D eigenvalue weighted by atomic mass is 10.1. The van der Waals surface area contributed by atoms with Gasteiger partial charge in [0.2, 0.25) is 5.91 Å². The van der Waals surface area contributed by atoms with Gasteiger partial charge in [-0.15, -0.1) is 23.1 Å². The molecule has 0 saturated carbocycles. The van der Waals surface area contributed by atoms with Crippen LogP contribution in [-0.4, -0.2) is 59.2 Å². The van der Waals surface area contributed by atoms with Gasteiger partial charge < -0.3 is 20.1 Å². The Bertz CT molecular complexity index is 1330. The van der Waals surface area contributed by atoms with Crippen LogP contribution in [-0.2, 0) is 36.5 Å². The molecule has 1 amide bonds. The molecule has 1 aromatic heterocycles. The van der Waals surface area contributed by atoms with Gasteiger partial charge in [-0.2, -0.15) is 0 Å². The summed E-state index contributed by atoms with van der Waals surface area (Å²) < 4.78 is 38.4. The Morgan fingerprint density at radius 1 is 1.16 bits per heavy atom. The number of sulfonamides is 1. The highest BCUT2D eigenvalue weighted by Gasteiger charge is 2.38. The second-order valence-electron chi connectivity index (χ2n) is 9.23. The molecule has 2 unspecified atom stereocenters. The van der Waals surface area contributed by atoms with Gasteiger partial charge in [0.05, 0.1) is 16.1 Å². The Labute approximate surface area is 232 Å². The van der Waals surface area contributed by atoms with Gasteiger partial charge in [0.15, 0.2) is 6.29 Å². The van der Waals surface area contributed by atoms with E-state index in [1.807, 2.05) is 37.3 Å². The minimum absolute atomic E-state index is 0.173. The normalized spacial score (nSPS) is 16.5. The Hall–Kier alpha value is -2.57. The summed E-state index contributed by atoms with van der Waals surface area (Å²) in [5.41, 5.74) is 3.23. The van der Waals surface area contributed by atoms with E-state index in [9.17, 15) is 13.2 Å². The van der Waals surface area contributed by atoms with Crippen LogP contribution in [0.25, 0.3) is 0 Å². The Balaban J connectivity index is 1.45. The third-order valence-electron chi connectivity index (χ3n) is 6.59. The van der Waals surface area contributed by atoms with Crippen molar-refractivity contribution < 1.29 is 22.7 Å². The van der Waals surface area contributed by atoms with E-state index in [1.165, 1.54) is 28.3 Å². The number of hydrogen-bond donors (Lipinski definition) is 2. The number of benzene rings is 2. The summed E-state index contributed by atoms with van der Waals surface area (Å²) in [6.07, 6.45) is -0.0822. The molecule has 8 nitrogen and oxygen atoms in total. The van der Waals surface area contributed by atoms with Crippen LogP contribution in [0.3, 0.4) is 0 Å². The van der Waals surface area contributed by atoms with E-state index < -0.39 is 27.1 Å². The fourth-order valence-electron chi connectivity index (χ4n) is 4.47. The quantitative estimate of drug-likeness (QED) is 0.310. The number of methoxy groups -OCH3 is 2. The number of nitrogens with zero attached hydrogens (tertiary/aromatic N) is 1. The lowest BCUT2D eigenvalue weighted by Gasteiger charge is -2.35. The summed E-state index contributed by atoms with van der Waals surface area (Å²) in [5, 5.41) is 8.08.